The summed E-state index contributed by atoms with van der Waals surface area (Å²) >= 11 is 6.10. The minimum absolute atomic E-state index is 0.0949. The van der Waals surface area contributed by atoms with Crippen molar-refractivity contribution < 1.29 is 13.9 Å². The summed E-state index contributed by atoms with van der Waals surface area (Å²) in [5, 5.41) is -0.145. The Morgan fingerprint density at radius 1 is 1.08 bits per heavy atom. The number of hydrogen-bond acceptors (Lipinski definition) is 2. The molecule has 1 fully saturated rings. The Hall–Kier alpha value is -1.87. The Kier molecular flexibility index (Phi) is 5.20. The maximum atomic E-state index is 14.6. The van der Waals surface area contributed by atoms with Crippen LogP contribution in [0.25, 0.3) is 11.1 Å². The van der Waals surface area contributed by atoms with Crippen LogP contribution in [0.3, 0.4) is 0 Å². The highest BCUT2D eigenvalue weighted by molar-refractivity contribution is 6.32. The monoisotopic (exact) mass is 346 g/mol. The zero-order valence-corrected chi connectivity index (χ0v) is 14.4. The third kappa shape index (κ3) is 3.62. The van der Waals surface area contributed by atoms with Gasteiger partial charge in [0.25, 0.3) is 0 Å². The third-order valence-corrected chi connectivity index (χ3v) is 5.04. The number of rotatable bonds is 3. The summed E-state index contributed by atoms with van der Waals surface area (Å²) in [5.41, 5.74) is 1.13. The van der Waals surface area contributed by atoms with E-state index in [4.69, 9.17) is 16.3 Å². The Labute approximate surface area is 146 Å². The van der Waals surface area contributed by atoms with Gasteiger partial charge in [0.1, 0.15) is 5.02 Å². The number of ether oxygens (including phenoxy) is 1. The molecule has 24 heavy (non-hydrogen) atoms. The molecule has 0 spiro atoms. The van der Waals surface area contributed by atoms with Gasteiger partial charge in [0, 0.05) is 5.56 Å². The van der Waals surface area contributed by atoms with Crippen LogP contribution in [0.5, 0.6) is 5.75 Å². The number of esters is 1. The predicted octanol–water partition coefficient (Wildman–Crippen LogP) is 5.88. The van der Waals surface area contributed by atoms with Crippen molar-refractivity contribution in [1.82, 2.24) is 0 Å². The molecule has 1 saturated carbocycles. The standard InChI is InChI=1S/C20H20ClFO2/c1-13-7-9-15(10-8-13)20(23)24-17-12-11-16(19(22)18(17)21)14-5-3-2-4-6-14/h2-6,11-13,15H,7-10H2,1H3. The maximum Gasteiger partial charge on any atom is 0.314 e. The van der Waals surface area contributed by atoms with E-state index in [1.807, 2.05) is 30.3 Å². The van der Waals surface area contributed by atoms with Crippen molar-refractivity contribution in [2.75, 3.05) is 0 Å². The molecule has 126 valence electrons. The molecular weight excluding hydrogens is 327 g/mol. The fraction of sp³-hybridized carbons (Fsp3) is 0.350. The van der Waals surface area contributed by atoms with Crippen LogP contribution in [0, 0.1) is 17.7 Å². The minimum Gasteiger partial charge on any atom is -0.425 e. The maximum absolute atomic E-state index is 14.6. The van der Waals surface area contributed by atoms with Crippen molar-refractivity contribution in [3.05, 3.63) is 53.3 Å². The largest absolute Gasteiger partial charge is 0.425 e. The smallest absolute Gasteiger partial charge is 0.314 e. The van der Waals surface area contributed by atoms with Gasteiger partial charge in [-0.2, -0.15) is 0 Å². The summed E-state index contributed by atoms with van der Waals surface area (Å²) in [7, 11) is 0. The molecule has 3 rings (SSSR count). The molecule has 0 radical (unpaired) electrons. The first-order chi connectivity index (χ1) is 11.6. The van der Waals surface area contributed by atoms with Crippen LogP contribution >= 0.6 is 11.6 Å². The summed E-state index contributed by atoms with van der Waals surface area (Å²) in [6.45, 7) is 2.19. The molecule has 4 heteroatoms. The van der Waals surface area contributed by atoms with Gasteiger partial charge in [-0.3, -0.25) is 4.79 Å². The quantitative estimate of drug-likeness (QED) is 0.512. The molecule has 0 aliphatic heterocycles. The highest BCUT2D eigenvalue weighted by Crippen LogP contribution is 2.36. The van der Waals surface area contributed by atoms with Crippen molar-refractivity contribution in [3.63, 3.8) is 0 Å². The summed E-state index contributed by atoms with van der Waals surface area (Å²) in [5.74, 6) is -0.243. The summed E-state index contributed by atoms with van der Waals surface area (Å²) in [4.78, 5) is 12.3. The fourth-order valence-corrected chi connectivity index (χ4v) is 3.34. The molecule has 1 aliphatic carbocycles. The molecule has 0 N–H and O–H groups in total. The van der Waals surface area contributed by atoms with Gasteiger partial charge in [0.05, 0.1) is 5.92 Å². The molecule has 0 bridgehead atoms. The van der Waals surface area contributed by atoms with Crippen LogP contribution in [-0.4, -0.2) is 5.97 Å². The molecular formula is C20H20ClFO2. The molecule has 2 aromatic rings. The van der Waals surface area contributed by atoms with Crippen molar-refractivity contribution in [2.45, 2.75) is 32.6 Å². The molecule has 2 aromatic carbocycles. The Balaban J connectivity index is 1.77. The lowest BCUT2D eigenvalue weighted by atomic mass is 9.83. The van der Waals surface area contributed by atoms with Crippen LogP contribution in [0.1, 0.15) is 32.6 Å². The fourth-order valence-electron chi connectivity index (χ4n) is 3.14. The van der Waals surface area contributed by atoms with Gasteiger partial charge in [-0.05, 0) is 49.3 Å². The number of halogens is 2. The van der Waals surface area contributed by atoms with Crippen LogP contribution in [0.2, 0.25) is 5.02 Å². The predicted molar refractivity (Wildman–Crippen MR) is 93.6 cm³/mol. The molecule has 0 heterocycles. The molecule has 0 amide bonds. The lowest BCUT2D eigenvalue weighted by molar-refractivity contribution is -0.140. The highest BCUT2D eigenvalue weighted by atomic mass is 35.5. The first-order valence-electron chi connectivity index (χ1n) is 8.31. The molecule has 1 aliphatic rings. The number of carbonyl (C=O) groups is 1. The first kappa shape index (κ1) is 17.0. The SMILES string of the molecule is CC1CCC(C(=O)Oc2ccc(-c3ccccc3)c(F)c2Cl)CC1. The van der Waals surface area contributed by atoms with Gasteiger partial charge in [-0.15, -0.1) is 0 Å². The van der Waals surface area contributed by atoms with E-state index in [2.05, 4.69) is 6.92 Å². The average Bonchev–Trinajstić information content (AvgIpc) is 2.60. The lowest BCUT2D eigenvalue weighted by Gasteiger charge is -2.24. The van der Waals surface area contributed by atoms with Crippen molar-refractivity contribution in [2.24, 2.45) is 11.8 Å². The van der Waals surface area contributed by atoms with Gasteiger partial charge in [0.15, 0.2) is 11.6 Å². The Morgan fingerprint density at radius 2 is 1.75 bits per heavy atom. The normalized spacial score (nSPS) is 20.6. The van der Waals surface area contributed by atoms with E-state index < -0.39 is 5.82 Å². The van der Waals surface area contributed by atoms with Gasteiger partial charge >= 0.3 is 5.97 Å². The minimum atomic E-state index is -0.564. The van der Waals surface area contributed by atoms with Crippen molar-refractivity contribution >= 4 is 17.6 Å². The topological polar surface area (TPSA) is 26.3 Å². The molecule has 0 saturated heterocycles. The lowest BCUT2D eigenvalue weighted by Crippen LogP contribution is -2.25. The van der Waals surface area contributed by atoms with Gasteiger partial charge in [-0.1, -0.05) is 48.9 Å². The van der Waals surface area contributed by atoms with Crippen molar-refractivity contribution in [1.29, 1.82) is 0 Å². The van der Waals surface area contributed by atoms with E-state index in [9.17, 15) is 9.18 Å². The van der Waals surface area contributed by atoms with E-state index in [1.165, 1.54) is 0 Å². The Bertz CT molecular complexity index is 722. The molecule has 2 nitrogen and oxygen atoms in total. The van der Waals surface area contributed by atoms with Crippen LogP contribution < -0.4 is 4.74 Å². The van der Waals surface area contributed by atoms with E-state index in [-0.39, 0.29) is 22.7 Å². The van der Waals surface area contributed by atoms with Crippen molar-refractivity contribution in [3.8, 4) is 16.9 Å². The van der Waals surface area contributed by atoms with Crippen LogP contribution in [0.4, 0.5) is 4.39 Å². The first-order valence-corrected chi connectivity index (χ1v) is 8.69. The van der Waals surface area contributed by atoms with E-state index in [1.54, 1.807) is 12.1 Å². The van der Waals surface area contributed by atoms with E-state index >= 15 is 0 Å². The second-order valence-electron chi connectivity index (χ2n) is 6.48. The van der Waals surface area contributed by atoms with Crippen LogP contribution in [-0.2, 0) is 4.79 Å². The number of hydrogen-bond donors (Lipinski definition) is 0. The summed E-state index contributed by atoms with van der Waals surface area (Å²) < 4.78 is 19.9. The molecule has 0 unspecified atom stereocenters. The molecule has 0 aromatic heterocycles. The second kappa shape index (κ2) is 7.35. The van der Waals surface area contributed by atoms with Gasteiger partial charge in [0.2, 0.25) is 0 Å². The zero-order chi connectivity index (χ0) is 17.1. The van der Waals surface area contributed by atoms with Gasteiger partial charge in [-0.25, -0.2) is 4.39 Å². The second-order valence-corrected chi connectivity index (χ2v) is 6.86. The average molecular weight is 347 g/mol. The highest BCUT2D eigenvalue weighted by Gasteiger charge is 2.27. The number of carbonyl (C=O) groups excluding carboxylic acids is 1. The zero-order valence-electron chi connectivity index (χ0n) is 13.6. The van der Waals surface area contributed by atoms with E-state index in [0.717, 1.165) is 31.2 Å². The molecule has 0 atom stereocenters. The number of benzene rings is 2. The van der Waals surface area contributed by atoms with E-state index in [0.29, 0.717) is 11.5 Å². The van der Waals surface area contributed by atoms with Gasteiger partial charge < -0.3 is 4.74 Å². The summed E-state index contributed by atoms with van der Waals surface area (Å²) in [6.07, 6.45) is 3.69. The van der Waals surface area contributed by atoms with Crippen LogP contribution in [0.15, 0.2) is 42.5 Å². The Morgan fingerprint density at radius 3 is 2.42 bits per heavy atom. The third-order valence-electron chi connectivity index (χ3n) is 4.69. The summed E-state index contributed by atoms with van der Waals surface area (Å²) in [6, 6.07) is 12.3.